The van der Waals surface area contributed by atoms with Gasteiger partial charge in [0.2, 0.25) is 0 Å². The summed E-state index contributed by atoms with van der Waals surface area (Å²) in [6, 6.07) is 10.7. The van der Waals surface area contributed by atoms with Gasteiger partial charge in [0.25, 0.3) is 5.91 Å². The van der Waals surface area contributed by atoms with Crippen LogP contribution in [0.25, 0.3) is 0 Å². The van der Waals surface area contributed by atoms with E-state index in [4.69, 9.17) is 5.11 Å². The fraction of sp³-hybridized carbons (Fsp3) is 0.133. The van der Waals surface area contributed by atoms with Crippen molar-refractivity contribution in [2.45, 2.75) is 13.1 Å². The van der Waals surface area contributed by atoms with Crippen molar-refractivity contribution in [3.05, 3.63) is 65.0 Å². The molecule has 2 aromatic rings. The third-order valence-electron chi connectivity index (χ3n) is 3.32. The number of benzene rings is 1. The molecule has 100 valence electrons. The summed E-state index contributed by atoms with van der Waals surface area (Å²) in [4.78, 5) is 28.7. The Balaban J connectivity index is 1.77. The molecule has 0 fully saturated rings. The van der Waals surface area contributed by atoms with Gasteiger partial charge in [-0.05, 0) is 23.8 Å². The van der Waals surface area contributed by atoms with Crippen LogP contribution in [-0.2, 0) is 13.1 Å². The summed E-state index contributed by atoms with van der Waals surface area (Å²) >= 11 is 0. The number of carbonyl (C=O) groups is 2. The van der Waals surface area contributed by atoms with Gasteiger partial charge in [0, 0.05) is 18.3 Å². The molecule has 2 heterocycles. The van der Waals surface area contributed by atoms with E-state index in [-0.39, 0.29) is 11.5 Å². The summed E-state index contributed by atoms with van der Waals surface area (Å²) in [7, 11) is 0. The first-order chi connectivity index (χ1) is 9.65. The van der Waals surface area contributed by atoms with Crippen LogP contribution < -0.4 is 0 Å². The van der Waals surface area contributed by atoms with Crippen LogP contribution in [0.15, 0.2) is 42.6 Å². The van der Waals surface area contributed by atoms with E-state index < -0.39 is 5.97 Å². The van der Waals surface area contributed by atoms with Crippen LogP contribution >= 0.6 is 0 Å². The fourth-order valence-corrected chi connectivity index (χ4v) is 2.28. The Bertz CT molecular complexity index is 680. The topological polar surface area (TPSA) is 70.5 Å². The molecule has 5 heteroatoms. The lowest BCUT2D eigenvalue weighted by atomic mass is 10.1. The Hall–Kier alpha value is -2.69. The standard InChI is InChI=1S/C15H12N2O3/c18-14-13-4-2-1-3-11(13)8-17(14)9-12-6-5-10(7-16-12)15(19)20/h1-7H,8-9H2,(H,19,20). The highest BCUT2D eigenvalue weighted by Crippen LogP contribution is 2.23. The molecular formula is C15H12N2O3. The second kappa shape index (κ2) is 4.77. The summed E-state index contributed by atoms with van der Waals surface area (Å²) < 4.78 is 0. The summed E-state index contributed by atoms with van der Waals surface area (Å²) in [6.07, 6.45) is 1.31. The zero-order chi connectivity index (χ0) is 14.1. The van der Waals surface area contributed by atoms with Crippen molar-refractivity contribution in [3.63, 3.8) is 0 Å². The number of hydrogen-bond donors (Lipinski definition) is 1. The molecule has 0 bridgehead atoms. The maximum Gasteiger partial charge on any atom is 0.337 e. The first-order valence-electron chi connectivity index (χ1n) is 6.20. The van der Waals surface area contributed by atoms with Gasteiger partial charge in [0.05, 0.1) is 17.8 Å². The second-order valence-corrected chi connectivity index (χ2v) is 4.66. The highest BCUT2D eigenvalue weighted by atomic mass is 16.4. The van der Waals surface area contributed by atoms with E-state index in [1.54, 1.807) is 11.0 Å². The van der Waals surface area contributed by atoms with Crippen LogP contribution in [0.1, 0.15) is 32.0 Å². The first-order valence-corrected chi connectivity index (χ1v) is 6.20. The molecule has 0 spiro atoms. The Labute approximate surface area is 115 Å². The Morgan fingerprint density at radius 2 is 2.05 bits per heavy atom. The molecule has 0 unspecified atom stereocenters. The van der Waals surface area contributed by atoms with E-state index in [2.05, 4.69) is 4.98 Å². The maximum absolute atomic E-state index is 12.2. The number of carboxylic acid groups (broad SMARTS) is 1. The van der Waals surface area contributed by atoms with E-state index >= 15 is 0 Å². The number of aromatic carboxylic acids is 1. The van der Waals surface area contributed by atoms with E-state index in [0.29, 0.717) is 18.8 Å². The van der Waals surface area contributed by atoms with Gasteiger partial charge in [-0.2, -0.15) is 0 Å². The summed E-state index contributed by atoms with van der Waals surface area (Å²) in [5.41, 5.74) is 2.57. The van der Waals surface area contributed by atoms with Crippen LogP contribution in [0, 0.1) is 0 Å². The predicted octanol–water partition coefficient (Wildman–Crippen LogP) is 1.94. The second-order valence-electron chi connectivity index (χ2n) is 4.66. The fourth-order valence-electron chi connectivity index (χ4n) is 2.28. The van der Waals surface area contributed by atoms with Crippen molar-refractivity contribution in [1.82, 2.24) is 9.88 Å². The quantitative estimate of drug-likeness (QED) is 0.923. The molecule has 1 aliphatic heterocycles. The zero-order valence-corrected chi connectivity index (χ0v) is 10.6. The lowest BCUT2D eigenvalue weighted by molar-refractivity contribution is 0.0694. The van der Waals surface area contributed by atoms with Crippen LogP contribution in [-0.4, -0.2) is 26.9 Å². The predicted molar refractivity (Wildman–Crippen MR) is 71.2 cm³/mol. The molecule has 0 saturated carbocycles. The van der Waals surface area contributed by atoms with Gasteiger partial charge in [-0.15, -0.1) is 0 Å². The number of pyridine rings is 1. The van der Waals surface area contributed by atoms with Crippen molar-refractivity contribution < 1.29 is 14.7 Å². The van der Waals surface area contributed by atoms with E-state index in [0.717, 1.165) is 11.1 Å². The highest BCUT2D eigenvalue weighted by Gasteiger charge is 2.26. The number of hydrogen-bond acceptors (Lipinski definition) is 3. The van der Waals surface area contributed by atoms with Crippen molar-refractivity contribution in [2.24, 2.45) is 0 Å². The van der Waals surface area contributed by atoms with E-state index in [9.17, 15) is 9.59 Å². The lowest BCUT2D eigenvalue weighted by Gasteiger charge is -2.14. The van der Waals surface area contributed by atoms with Crippen molar-refractivity contribution >= 4 is 11.9 Å². The molecule has 1 aromatic heterocycles. The van der Waals surface area contributed by atoms with Gasteiger partial charge >= 0.3 is 5.97 Å². The normalized spacial score (nSPS) is 13.4. The average molecular weight is 268 g/mol. The molecule has 0 saturated heterocycles. The molecule has 3 rings (SSSR count). The Morgan fingerprint density at radius 1 is 1.25 bits per heavy atom. The monoisotopic (exact) mass is 268 g/mol. The van der Waals surface area contributed by atoms with Gasteiger partial charge < -0.3 is 10.0 Å². The van der Waals surface area contributed by atoms with Gasteiger partial charge in [0.1, 0.15) is 0 Å². The number of carboxylic acids is 1. The van der Waals surface area contributed by atoms with Crippen LogP contribution in [0.4, 0.5) is 0 Å². The van der Waals surface area contributed by atoms with Crippen molar-refractivity contribution in [1.29, 1.82) is 0 Å². The maximum atomic E-state index is 12.2. The average Bonchev–Trinajstić information content (AvgIpc) is 2.77. The van der Waals surface area contributed by atoms with Crippen LogP contribution in [0.3, 0.4) is 0 Å². The zero-order valence-electron chi connectivity index (χ0n) is 10.6. The van der Waals surface area contributed by atoms with Crippen LogP contribution in [0.2, 0.25) is 0 Å². The van der Waals surface area contributed by atoms with Gasteiger partial charge in [-0.25, -0.2) is 4.79 Å². The number of fused-ring (bicyclic) bond motifs is 1. The summed E-state index contributed by atoms with van der Waals surface area (Å²) in [6.45, 7) is 0.949. The number of aromatic nitrogens is 1. The number of rotatable bonds is 3. The minimum atomic E-state index is -1.01. The van der Waals surface area contributed by atoms with Crippen molar-refractivity contribution in [2.75, 3.05) is 0 Å². The molecule has 5 nitrogen and oxygen atoms in total. The van der Waals surface area contributed by atoms with Crippen molar-refractivity contribution in [3.8, 4) is 0 Å². The SMILES string of the molecule is O=C(O)c1ccc(CN2Cc3ccccc3C2=O)nc1. The van der Waals surface area contributed by atoms with E-state index in [1.807, 2.05) is 24.3 Å². The molecule has 1 aromatic carbocycles. The van der Waals surface area contributed by atoms with Gasteiger partial charge in [0.15, 0.2) is 0 Å². The molecule has 0 radical (unpaired) electrons. The number of amides is 1. The number of nitrogens with zero attached hydrogens (tertiary/aromatic N) is 2. The Morgan fingerprint density at radius 3 is 2.70 bits per heavy atom. The largest absolute Gasteiger partial charge is 0.478 e. The van der Waals surface area contributed by atoms with Gasteiger partial charge in [-0.1, -0.05) is 18.2 Å². The molecule has 1 amide bonds. The highest BCUT2D eigenvalue weighted by molar-refractivity contribution is 5.98. The first kappa shape index (κ1) is 12.3. The van der Waals surface area contributed by atoms with Crippen LogP contribution in [0.5, 0.6) is 0 Å². The van der Waals surface area contributed by atoms with E-state index in [1.165, 1.54) is 12.3 Å². The third-order valence-corrected chi connectivity index (χ3v) is 3.32. The molecule has 0 atom stereocenters. The minimum absolute atomic E-state index is 0.00953. The molecule has 0 aliphatic carbocycles. The summed E-state index contributed by atoms with van der Waals surface area (Å²) in [5.74, 6) is -1.02. The Kier molecular flexibility index (Phi) is 2.95. The smallest absolute Gasteiger partial charge is 0.337 e. The molecular weight excluding hydrogens is 256 g/mol. The summed E-state index contributed by atoms with van der Waals surface area (Å²) in [5, 5.41) is 8.82. The molecule has 1 aliphatic rings. The third kappa shape index (κ3) is 2.14. The van der Waals surface area contributed by atoms with Gasteiger partial charge in [-0.3, -0.25) is 9.78 Å². The lowest BCUT2D eigenvalue weighted by Crippen LogP contribution is -2.23. The minimum Gasteiger partial charge on any atom is -0.478 e. The molecule has 20 heavy (non-hydrogen) atoms. The molecule has 1 N–H and O–H groups in total. The number of carbonyl (C=O) groups excluding carboxylic acids is 1.